The van der Waals surface area contributed by atoms with Crippen molar-refractivity contribution in [3.8, 4) is 16.9 Å². The molecule has 2 aromatic carbocycles. The number of ether oxygens (including phenoxy) is 1. The first-order valence-electron chi connectivity index (χ1n) is 7.79. The van der Waals surface area contributed by atoms with Crippen LogP contribution in [0.5, 0.6) is 5.75 Å². The third-order valence-corrected chi connectivity index (χ3v) is 3.71. The smallest absolute Gasteiger partial charge is 0.229 e. The Labute approximate surface area is 145 Å². The number of benzene rings is 2. The van der Waals surface area contributed by atoms with Crippen LogP contribution < -0.4 is 10.1 Å². The highest BCUT2D eigenvalue weighted by atomic mass is 19.1. The molecule has 1 aromatic heterocycles. The van der Waals surface area contributed by atoms with Gasteiger partial charge in [-0.2, -0.15) is 0 Å². The van der Waals surface area contributed by atoms with Crippen LogP contribution in [0.3, 0.4) is 0 Å². The normalized spacial score (nSPS) is 10.3. The van der Waals surface area contributed by atoms with Crippen LogP contribution in [0.4, 0.5) is 10.2 Å². The summed E-state index contributed by atoms with van der Waals surface area (Å²) >= 11 is 0. The van der Waals surface area contributed by atoms with Crippen molar-refractivity contribution in [1.29, 1.82) is 0 Å². The van der Waals surface area contributed by atoms with Gasteiger partial charge >= 0.3 is 0 Å². The quantitative estimate of drug-likeness (QED) is 0.764. The molecular weight excluding hydrogens is 319 g/mol. The van der Waals surface area contributed by atoms with Crippen LogP contribution in [0.2, 0.25) is 0 Å². The Bertz CT molecular complexity index is 882. The SMILES string of the molecule is COc1cc(F)ccc1-c1ccnc(NC(=O)Cc2ccccc2)c1. The van der Waals surface area contributed by atoms with Crippen molar-refractivity contribution in [2.24, 2.45) is 0 Å². The van der Waals surface area contributed by atoms with Gasteiger partial charge in [-0.3, -0.25) is 4.79 Å². The number of halogens is 1. The molecule has 3 aromatic rings. The Balaban J connectivity index is 1.79. The first-order chi connectivity index (χ1) is 12.2. The van der Waals surface area contributed by atoms with Gasteiger partial charge in [-0.15, -0.1) is 0 Å². The summed E-state index contributed by atoms with van der Waals surface area (Å²) in [6, 6.07) is 17.3. The molecular formula is C20H17FN2O2. The number of hydrogen-bond acceptors (Lipinski definition) is 3. The number of pyridine rings is 1. The van der Waals surface area contributed by atoms with Crippen molar-refractivity contribution in [1.82, 2.24) is 4.98 Å². The van der Waals surface area contributed by atoms with Crippen molar-refractivity contribution in [3.05, 3.63) is 78.2 Å². The van der Waals surface area contributed by atoms with Gasteiger partial charge in [-0.1, -0.05) is 30.3 Å². The Kier molecular flexibility index (Phi) is 5.04. The van der Waals surface area contributed by atoms with Gasteiger partial charge in [0.15, 0.2) is 0 Å². The Morgan fingerprint density at radius 3 is 2.68 bits per heavy atom. The highest BCUT2D eigenvalue weighted by Gasteiger charge is 2.10. The fraction of sp³-hybridized carbons (Fsp3) is 0.100. The first-order valence-corrected chi connectivity index (χ1v) is 7.79. The fourth-order valence-corrected chi connectivity index (χ4v) is 2.54. The minimum Gasteiger partial charge on any atom is -0.496 e. The average Bonchev–Trinajstić information content (AvgIpc) is 2.62. The van der Waals surface area contributed by atoms with E-state index in [0.717, 1.165) is 16.7 Å². The van der Waals surface area contributed by atoms with Crippen molar-refractivity contribution < 1.29 is 13.9 Å². The average molecular weight is 336 g/mol. The summed E-state index contributed by atoms with van der Waals surface area (Å²) in [5.41, 5.74) is 2.43. The fourth-order valence-electron chi connectivity index (χ4n) is 2.54. The molecule has 0 atom stereocenters. The summed E-state index contributed by atoms with van der Waals surface area (Å²) in [7, 11) is 1.49. The summed E-state index contributed by atoms with van der Waals surface area (Å²) in [6.07, 6.45) is 1.86. The first kappa shape index (κ1) is 16.6. The van der Waals surface area contributed by atoms with E-state index in [0.29, 0.717) is 11.6 Å². The molecule has 0 aliphatic rings. The molecule has 0 aliphatic carbocycles. The zero-order valence-corrected chi connectivity index (χ0v) is 13.7. The minimum atomic E-state index is -0.369. The van der Waals surface area contributed by atoms with Gasteiger partial charge in [0.1, 0.15) is 17.4 Å². The summed E-state index contributed by atoms with van der Waals surface area (Å²) in [5.74, 6) is 0.338. The largest absolute Gasteiger partial charge is 0.496 e. The summed E-state index contributed by atoms with van der Waals surface area (Å²) in [4.78, 5) is 16.3. The molecule has 0 saturated heterocycles. The van der Waals surface area contributed by atoms with Gasteiger partial charge in [-0.05, 0) is 35.4 Å². The van der Waals surface area contributed by atoms with E-state index in [1.165, 1.54) is 19.2 Å². The zero-order chi connectivity index (χ0) is 17.6. The lowest BCUT2D eigenvalue weighted by Gasteiger charge is -2.10. The van der Waals surface area contributed by atoms with Crippen LogP contribution in [0.1, 0.15) is 5.56 Å². The maximum atomic E-state index is 13.4. The molecule has 0 spiro atoms. The van der Waals surface area contributed by atoms with Crippen LogP contribution in [-0.2, 0) is 11.2 Å². The lowest BCUT2D eigenvalue weighted by molar-refractivity contribution is -0.115. The molecule has 0 bridgehead atoms. The van der Waals surface area contributed by atoms with E-state index in [9.17, 15) is 9.18 Å². The van der Waals surface area contributed by atoms with E-state index in [4.69, 9.17) is 4.74 Å². The lowest BCUT2D eigenvalue weighted by Crippen LogP contribution is -2.15. The minimum absolute atomic E-state index is 0.151. The molecule has 0 fully saturated rings. The number of carbonyl (C=O) groups is 1. The van der Waals surface area contributed by atoms with Crippen LogP contribution >= 0.6 is 0 Å². The van der Waals surface area contributed by atoms with E-state index in [1.807, 2.05) is 30.3 Å². The highest BCUT2D eigenvalue weighted by molar-refractivity contribution is 5.92. The van der Waals surface area contributed by atoms with E-state index in [2.05, 4.69) is 10.3 Å². The summed E-state index contributed by atoms with van der Waals surface area (Å²) < 4.78 is 18.6. The standard InChI is InChI=1S/C20H17FN2O2/c1-25-18-13-16(21)7-8-17(18)15-9-10-22-19(12-15)23-20(24)11-14-5-3-2-4-6-14/h2-10,12-13H,11H2,1H3,(H,22,23,24). The maximum absolute atomic E-state index is 13.4. The molecule has 1 N–H and O–H groups in total. The zero-order valence-electron chi connectivity index (χ0n) is 13.7. The molecule has 4 nitrogen and oxygen atoms in total. The second kappa shape index (κ2) is 7.57. The van der Waals surface area contributed by atoms with Crippen molar-refractivity contribution in [2.75, 3.05) is 12.4 Å². The second-order valence-electron chi connectivity index (χ2n) is 5.48. The van der Waals surface area contributed by atoms with E-state index in [1.54, 1.807) is 24.4 Å². The number of nitrogens with zero attached hydrogens (tertiary/aromatic N) is 1. The predicted octanol–water partition coefficient (Wildman–Crippen LogP) is 4.08. The highest BCUT2D eigenvalue weighted by Crippen LogP contribution is 2.31. The number of aromatic nitrogens is 1. The number of amides is 1. The molecule has 3 rings (SSSR count). The van der Waals surface area contributed by atoms with Gasteiger partial charge in [0, 0.05) is 17.8 Å². The van der Waals surface area contributed by atoms with E-state index >= 15 is 0 Å². The molecule has 25 heavy (non-hydrogen) atoms. The summed E-state index contributed by atoms with van der Waals surface area (Å²) in [6.45, 7) is 0. The van der Waals surface area contributed by atoms with Gasteiger partial charge in [-0.25, -0.2) is 9.37 Å². The van der Waals surface area contributed by atoms with Crippen LogP contribution in [0.25, 0.3) is 11.1 Å². The lowest BCUT2D eigenvalue weighted by atomic mass is 10.1. The van der Waals surface area contributed by atoms with Crippen molar-refractivity contribution >= 4 is 11.7 Å². The topological polar surface area (TPSA) is 51.2 Å². The van der Waals surface area contributed by atoms with Gasteiger partial charge in [0.05, 0.1) is 13.5 Å². The molecule has 0 saturated carbocycles. The maximum Gasteiger partial charge on any atom is 0.229 e. The Morgan fingerprint density at radius 1 is 1.12 bits per heavy atom. The predicted molar refractivity (Wildman–Crippen MR) is 95.0 cm³/mol. The number of anilines is 1. The molecule has 0 aliphatic heterocycles. The van der Waals surface area contributed by atoms with Crippen molar-refractivity contribution in [2.45, 2.75) is 6.42 Å². The van der Waals surface area contributed by atoms with E-state index < -0.39 is 0 Å². The van der Waals surface area contributed by atoms with E-state index in [-0.39, 0.29) is 18.1 Å². The molecule has 126 valence electrons. The molecule has 1 heterocycles. The number of rotatable bonds is 5. The molecule has 5 heteroatoms. The third kappa shape index (κ3) is 4.20. The Morgan fingerprint density at radius 2 is 1.92 bits per heavy atom. The molecule has 0 unspecified atom stereocenters. The van der Waals surface area contributed by atoms with Gasteiger partial charge < -0.3 is 10.1 Å². The molecule has 0 radical (unpaired) electrons. The van der Waals surface area contributed by atoms with Gasteiger partial charge in [0.2, 0.25) is 5.91 Å². The molecule has 1 amide bonds. The van der Waals surface area contributed by atoms with Crippen molar-refractivity contribution in [3.63, 3.8) is 0 Å². The number of hydrogen-bond donors (Lipinski definition) is 1. The monoisotopic (exact) mass is 336 g/mol. The van der Waals surface area contributed by atoms with Crippen LogP contribution in [0, 0.1) is 5.82 Å². The van der Waals surface area contributed by atoms with Crippen LogP contribution in [0.15, 0.2) is 66.9 Å². The second-order valence-corrected chi connectivity index (χ2v) is 5.48. The van der Waals surface area contributed by atoms with Gasteiger partial charge in [0.25, 0.3) is 0 Å². The third-order valence-electron chi connectivity index (χ3n) is 3.71. The number of carbonyl (C=O) groups excluding carboxylic acids is 1. The number of nitrogens with one attached hydrogen (secondary N) is 1. The number of methoxy groups -OCH3 is 1. The Hall–Kier alpha value is -3.21. The van der Waals surface area contributed by atoms with Crippen LogP contribution in [-0.4, -0.2) is 18.0 Å². The summed E-state index contributed by atoms with van der Waals surface area (Å²) in [5, 5.41) is 2.78.